The second kappa shape index (κ2) is 15.3. The first-order valence-corrected chi connectivity index (χ1v) is 10.2. The van der Waals surface area contributed by atoms with E-state index in [9.17, 15) is 0 Å². The molecule has 0 saturated carbocycles. The standard InChI is InChI=1S/C18H31NS.C2H4O.C2H6/c1-6-12(2)7-13(3)8-17(20)11-16-9-14(4)15(5)10-18(16)19;1-2-3;1-2/h9-10,12-13,17,20H,6-8,11,19H2,1-5H3;2H,1H3;1-2H3. The van der Waals surface area contributed by atoms with Crippen molar-refractivity contribution in [3.63, 3.8) is 0 Å². The van der Waals surface area contributed by atoms with Crippen molar-refractivity contribution in [2.45, 2.75) is 86.3 Å². The molecule has 0 aliphatic rings. The van der Waals surface area contributed by atoms with Gasteiger partial charge in [-0.3, -0.25) is 0 Å². The number of nitrogens with two attached hydrogens (primary N) is 1. The quantitative estimate of drug-likeness (QED) is 0.332. The molecule has 0 radical (unpaired) electrons. The second-order valence-electron chi connectivity index (χ2n) is 6.82. The number of aldehydes is 1. The van der Waals surface area contributed by atoms with Crippen molar-refractivity contribution in [3.05, 3.63) is 28.8 Å². The Balaban J connectivity index is 0. The van der Waals surface area contributed by atoms with Gasteiger partial charge in [0, 0.05) is 10.9 Å². The van der Waals surface area contributed by atoms with Crippen molar-refractivity contribution in [1.29, 1.82) is 0 Å². The average Bonchev–Trinajstić information content (AvgIpc) is 2.54. The normalized spacial score (nSPS) is 13.5. The van der Waals surface area contributed by atoms with Crippen LogP contribution in [0.15, 0.2) is 12.1 Å². The Morgan fingerprint density at radius 2 is 1.56 bits per heavy atom. The van der Waals surface area contributed by atoms with Gasteiger partial charge >= 0.3 is 0 Å². The van der Waals surface area contributed by atoms with Gasteiger partial charge in [-0.2, -0.15) is 12.6 Å². The van der Waals surface area contributed by atoms with Crippen molar-refractivity contribution < 1.29 is 4.79 Å². The SMILES string of the molecule is CC.CC=O.CCC(C)CC(C)CC(S)Cc1cc(C)c(C)cc1N. The zero-order valence-corrected chi connectivity index (χ0v) is 18.6. The van der Waals surface area contributed by atoms with Gasteiger partial charge in [-0.05, 0) is 74.6 Å². The Labute approximate surface area is 162 Å². The van der Waals surface area contributed by atoms with Crippen LogP contribution >= 0.6 is 12.6 Å². The molecule has 0 aromatic heterocycles. The molecule has 0 spiro atoms. The van der Waals surface area contributed by atoms with E-state index < -0.39 is 0 Å². The van der Waals surface area contributed by atoms with Crippen LogP contribution in [0.3, 0.4) is 0 Å². The molecule has 0 aliphatic heterocycles. The number of hydrogen-bond donors (Lipinski definition) is 2. The minimum atomic E-state index is 0.401. The summed E-state index contributed by atoms with van der Waals surface area (Å²) >= 11 is 4.78. The summed E-state index contributed by atoms with van der Waals surface area (Å²) in [7, 11) is 0. The lowest BCUT2D eigenvalue weighted by Crippen LogP contribution is -2.13. The molecule has 0 bridgehead atoms. The summed E-state index contributed by atoms with van der Waals surface area (Å²) in [6, 6.07) is 4.32. The second-order valence-corrected chi connectivity index (χ2v) is 7.55. The van der Waals surface area contributed by atoms with Crippen molar-refractivity contribution in [2.24, 2.45) is 11.8 Å². The van der Waals surface area contributed by atoms with Crippen LogP contribution in [0.2, 0.25) is 0 Å². The number of hydrogen-bond acceptors (Lipinski definition) is 3. The molecule has 1 aromatic rings. The molecule has 146 valence electrons. The van der Waals surface area contributed by atoms with E-state index >= 15 is 0 Å². The molecule has 3 unspecified atom stereocenters. The maximum absolute atomic E-state index is 8.81. The van der Waals surface area contributed by atoms with E-state index in [4.69, 9.17) is 23.2 Å². The Kier molecular flexibility index (Phi) is 16.1. The van der Waals surface area contributed by atoms with Gasteiger partial charge in [-0.1, -0.05) is 47.1 Å². The van der Waals surface area contributed by atoms with E-state index in [1.165, 1.54) is 42.9 Å². The number of carbonyl (C=O) groups is 1. The zero-order valence-electron chi connectivity index (χ0n) is 17.7. The highest BCUT2D eigenvalue weighted by atomic mass is 32.1. The highest BCUT2D eigenvalue weighted by Gasteiger charge is 2.14. The molecule has 0 heterocycles. The Morgan fingerprint density at radius 3 is 2.04 bits per heavy atom. The highest BCUT2D eigenvalue weighted by Crippen LogP contribution is 2.26. The lowest BCUT2D eigenvalue weighted by Gasteiger charge is -2.20. The van der Waals surface area contributed by atoms with Gasteiger partial charge in [0.05, 0.1) is 0 Å². The van der Waals surface area contributed by atoms with Crippen molar-refractivity contribution >= 4 is 24.6 Å². The zero-order chi connectivity index (χ0) is 20.0. The van der Waals surface area contributed by atoms with Gasteiger partial charge in [0.25, 0.3) is 0 Å². The number of rotatable bonds is 7. The molecule has 3 heteroatoms. The van der Waals surface area contributed by atoms with Crippen LogP contribution in [0.1, 0.15) is 77.5 Å². The first-order chi connectivity index (χ1) is 11.7. The fraction of sp³-hybridized carbons (Fsp3) is 0.682. The summed E-state index contributed by atoms with van der Waals surface area (Å²) in [6.45, 7) is 16.7. The number of anilines is 1. The number of thiol groups is 1. The van der Waals surface area contributed by atoms with Gasteiger partial charge in [0.15, 0.2) is 0 Å². The fourth-order valence-electron chi connectivity index (χ4n) is 2.83. The molecule has 1 aromatic carbocycles. The minimum Gasteiger partial charge on any atom is -0.398 e. The molecule has 0 aliphatic carbocycles. The van der Waals surface area contributed by atoms with E-state index in [-0.39, 0.29) is 0 Å². The van der Waals surface area contributed by atoms with Crippen LogP contribution in [0.25, 0.3) is 0 Å². The molecule has 0 saturated heterocycles. The van der Waals surface area contributed by atoms with Crippen molar-refractivity contribution in [3.8, 4) is 0 Å². The number of carbonyl (C=O) groups excluding carboxylic acids is 1. The molecule has 0 amide bonds. The van der Waals surface area contributed by atoms with E-state index in [1.54, 1.807) is 0 Å². The molecule has 0 fully saturated rings. The molecule has 3 atom stereocenters. The lowest BCUT2D eigenvalue weighted by molar-refractivity contribution is -0.106. The minimum absolute atomic E-state index is 0.401. The van der Waals surface area contributed by atoms with Gasteiger partial charge in [0.2, 0.25) is 0 Å². The molecular formula is C22H41NOS. The van der Waals surface area contributed by atoms with E-state index in [0.717, 1.165) is 30.2 Å². The van der Waals surface area contributed by atoms with E-state index in [2.05, 4.69) is 46.8 Å². The third-order valence-corrected chi connectivity index (χ3v) is 4.78. The molecular weight excluding hydrogens is 326 g/mol. The van der Waals surface area contributed by atoms with Gasteiger partial charge in [0.1, 0.15) is 6.29 Å². The molecule has 2 N–H and O–H groups in total. The summed E-state index contributed by atoms with van der Waals surface area (Å²) in [4.78, 5) is 8.81. The summed E-state index contributed by atoms with van der Waals surface area (Å²) in [5, 5.41) is 0.401. The Morgan fingerprint density at radius 1 is 1.08 bits per heavy atom. The Hall–Kier alpha value is -0.960. The number of benzene rings is 1. The highest BCUT2D eigenvalue weighted by molar-refractivity contribution is 7.80. The Bertz CT molecular complexity index is 473. The van der Waals surface area contributed by atoms with E-state index in [0.29, 0.717) is 5.25 Å². The van der Waals surface area contributed by atoms with E-state index in [1.807, 2.05) is 13.8 Å². The van der Waals surface area contributed by atoms with Crippen molar-refractivity contribution in [1.82, 2.24) is 0 Å². The van der Waals surface area contributed by atoms with Crippen LogP contribution in [-0.4, -0.2) is 11.5 Å². The fourth-order valence-corrected chi connectivity index (χ4v) is 3.38. The lowest BCUT2D eigenvalue weighted by atomic mass is 9.90. The summed E-state index contributed by atoms with van der Waals surface area (Å²) < 4.78 is 0. The van der Waals surface area contributed by atoms with Gasteiger partial charge in [-0.15, -0.1) is 0 Å². The monoisotopic (exact) mass is 367 g/mol. The predicted molar refractivity (Wildman–Crippen MR) is 118 cm³/mol. The molecule has 25 heavy (non-hydrogen) atoms. The van der Waals surface area contributed by atoms with Crippen LogP contribution in [0.4, 0.5) is 5.69 Å². The number of aryl methyl sites for hydroxylation is 2. The topological polar surface area (TPSA) is 43.1 Å². The van der Waals surface area contributed by atoms with Crippen LogP contribution < -0.4 is 5.73 Å². The van der Waals surface area contributed by atoms with Crippen molar-refractivity contribution in [2.75, 3.05) is 5.73 Å². The number of nitrogen functional groups attached to an aromatic ring is 1. The van der Waals surface area contributed by atoms with Gasteiger partial charge in [-0.25, -0.2) is 0 Å². The first-order valence-electron chi connectivity index (χ1n) is 9.68. The van der Waals surface area contributed by atoms with Crippen LogP contribution in [-0.2, 0) is 11.2 Å². The maximum atomic E-state index is 8.81. The summed E-state index contributed by atoms with van der Waals surface area (Å²) in [5.41, 5.74) is 10.9. The largest absolute Gasteiger partial charge is 0.398 e. The molecule has 2 nitrogen and oxygen atoms in total. The third kappa shape index (κ3) is 12.1. The average molecular weight is 368 g/mol. The van der Waals surface area contributed by atoms with Gasteiger partial charge < -0.3 is 10.5 Å². The van der Waals surface area contributed by atoms with Crippen LogP contribution in [0, 0.1) is 25.7 Å². The molecule has 1 rings (SSSR count). The van der Waals surface area contributed by atoms with Crippen LogP contribution in [0.5, 0.6) is 0 Å². The predicted octanol–water partition coefficient (Wildman–Crippen LogP) is 6.42. The maximum Gasteiger partial charge on any atom is 0.116 e. The summed E-state index contributed by atoms with van der Waals surface area (Å²) in [6.07, 6.45) is 5.46. The smallest absolute Gasteiger partial charge is 0.116 e. The third-order valence-electron chi connectivity index (χ3n) is 4.39. The summed E-state index contributed by atoms with van der Waals surface area (Å²) in [5.74, 6) is 1.55. The first kappa shape index (κ1) is 26.3.